The maximum atomic E-state index is 12.2. The van der Waals surface area contributed by atoms with E-state index in [0.29, 0.717) is 25.9 Å². The van der Waals surface area contributed by atoms with Crippen LogP contribution in [0, 0.1) is 11.8 Å². The Morgan fingerprint density at radius 2 is 1.88 bits per heavy atom. The number of carbonyl (C=O) groups is 2. The summed E-state index contributed by atoms with van der Waals surface area (Å²) < 4.78 is 0. The summed E-state index contributed by atoms with van der Waals surface area (Å²) in [4.78, 5) is 24.8. The highest BCUT2D eigenvalue weighted by Crippen LogP contribution is 2.33. The van der Waals surface area contributed by atoms with Crippen molar-refractivity contribution in [3.05, 3.63) is 0 Å². The van der Waals surface area contributed by atoms with E-state index >= 15 is 0 Å². The third-order valence-corrected chi connectivity index (χ3v) is 3.33. The van der Waals surface area contributed by atoms with Crippen molar-refractivity contribution in [1.29, 1.82) is 0 Å². The van der Waals surface area contributed by atoms with Gasteiger partial charge >= 0.3 is 5.97 Å². The van der Waals surface area contributed by atoms with Gasteiger partial charge in [-0.25, -0.2) is 0 Å². The van der Waals surface area contributed by atoms with Crippen molar-refractivity contribution in [2.24, 2.45) is 11.8 Å². The van der Waals surface area contributed by atoms with Gasteiger partial charge < -0.3 is 15.1 Å². The van der Waals surface area contributed by atoms with E-state index in [4.69, 9.17) is 10.2 Å². The fourth-order valence-electron chi connectivity index (χ4n) is 2.51. The van der Waals surface area contributed by atoms with E-state index in [1.165, 1.54) is 0 Å². The molecule has 0 heterocycles. The van der Waals surface area contributed by atoms with Gasteiger partial charge in [0.1, 0.15) is 0 Å². The van der Waals surface area contributed by atoms with Crippen LogP contribution in [0.3, 0.4) is 0 Å². The van der Waals surface area contributed by atoms with Crippen LogP contribution in [0.15, 0.2) is 0 Å². The topological polar surface area (TPSA) is 77.8 Å². The lowest BCUT2D eigenvalue weighted by atomic mass is 9.94. The fraction of sp³-hybridized carbons (Fsp3) is 0.833. The maximum Gasteiger partial charge on any atom is 0.307 e. The molecule has 17 heavy (non-hydrogen) atoms. The van der Waals surface area contributed by atoms with Crippen LogP contribution in [0.1, 0.15) is 32.6 Å². The van der Waals surface area contributed by atoms with Gasteiger partial charge in [-0.2, -0.15) is 0 Å². The first-order chi connectivity index (χ1) is 8.11. The normalized spacial score (nSPS) is 23.6. The monoisotopic (exact) mass is 243 g/mol. The number of carboxylic acid groups (broad SMARTS) is 1. The van der Waals surface area contributed by atoms with E-state index in [-0.39, 0.29) is 12.5 Å². The summed E-state index contributed by atoms with van der Waals surface area (Å²) in [6.07, 6.45) is 2.86. The highest BCUT2D eigenvalue weighted by Gasteiger charge is 2.39. The van der Waals surface area contributed by atoms with Crippen molar-refractivity contribution < 1.29 is 19.8 Å². The quantitative estimate of drug-likeness (QED) is 0.720. The van der Waals surface area contributed by atoms with Crippen molar-refractivity contribution >= 4 is 11.9 Å². The number of hydrogen-bond donors (Lipinski definition) is 2. The Kier molecular flexibility index (Phi) is 5.41. The first-order valence-electron chi connectivity index (χ1n) is 6.24. The number of rotatable bonds is 6. The van der Waals surface area contributed by atoms with E-state index in [1.54, 1.807) is 4.90 Å². The molecule has 1 amide bonds. The summed E-state index contributed by atoms with van der Waals surface area (Å²) in [5.74, 6) is -1.92. The van der Waals surface area contributed by atoms with Crippen LogP contribution < -0.4 is 0 Å². The minimum absolute atomic E-state index is 0.0732. The van der Waals surface area contributed by atoms with Crippen LogP contribution in [-0.4, -0.2) is 46.7 Å². The molecule has 98 valence electrons. The van der Waals surface area contributed by atoms with E-state index in [9.17, 15) is 9.59 Å². The minimum Gasteiger partial charge on any atom is -0.481 e. The predicted molar refractivity (Wildman–Crippen MR) is 62.4 cm³/mol. The molecular formula is C12H21NO4. The Balaban J connectivity index is 2.68. The zero-order valence-corrected chi connectivity index (χ0v) is 10.3. The van der Waals surface area contributed by atoms with Crippen LogP contribution in [0.5, 0.6) is 0 Å². The second-order valence-electron chi connectivity index (χ2n) is 4.53. The molecule has 1 saturated carbocycles. The van der Waals surface area contributed by atoms with Crippen molar-refractivity contribution in [3.63, 3.8) is 0 Å². The van der Waals surface area contributed by atoms with E-state index < -0.39 is 17.8 Å². The van der Waals surface area contributed by atoms with Crippen LogP contribution in [0.4, 0.5) is 0 Å². The number of aliphatic hydroxyl groups is 1. The van der Waals surface area contributed by atoms with Crippen LogP contribution >= 0.6 is 0 Å². The number of carbonyl (C=O) groups excluding carboxylic acids is 1. The summed E-state index contributed by atoms with van der Waals surface area (Å²) in [6, 6.07) is 0. The summed E-state index contributed by atoms with van der Waals surface area (Å²) in [5, 5.41) is 18.0. The number of hydrogen-bond acceptors (Lipinski definition) is 3. The Morgan fingerprint density at radius 3 is 2.41 bits per heavy atom. The van der Waals surface area contributed by atoms with Gasteiger partial charge in [0.2, 0.25) is 5.91 Å². The largest absolute Gasteiger partial charge is 0.481 e. The highest BCUT2D eigenvalue weighted by atomic mass is 16.4. The van der Waals surface area contributed by atoms with Crippen molar-refractivity contribution in [3.8, 4) is 0 Å². The third kappa shape index (κ3) is 3.43. The third-order valence-electron chi connectivity index (χ3n) is 3.33. The van der Waals surface area contributed by atoms with Gasteiger partial charge in [-0.15, -0.1) is 0 Å². The molecular weight excluding hydrogens is 222 g/mol. The zero-order valence-electron chi connectivity index (χ0n) is 10.3. The molecule has 0 unspecified atom stereocenters. The van der Waals surface area contributed by atoms with Crippen LogP contribution in [0.2, 0.25) is 0 Å². The Bertz CT molecular complexity index is 274. The van der Waals surface area contributed by atoms with Crippen LogP contribution in [0.25, 0.3) is 0 Å². The van der Waals surface area contributed by atoms with E-state index in [2.05, 4.69) is 0 Å². The lowest BCUT2D eigenvalue weighted by molar-refractivity contribution is -0.149. The molecule has 0 spiro atoms. The molecule has 5 nitrogen and oxygen atoms in total. The van der Waals surface area contributed by atoms with Gasteiger partial charge in [0.25, 0.3) is 0 Å². The smallest absolute Gasteiger partial charge is 0.307 e. The van der Waals surface area contributed by atoms with Crippen molar-refractivity contribution in [2.45, 2.75) is 32.6 Å². The van der Waals surface area contributed by atoms with E-state index in [1.807, 2.05) is 6.92 Å². The highest BCUT2D eigenvalue weighted by molar-refractivity contribution is 5.85. The predicted octanol–water partition coefficient (Wildman–Crippen LogP) is 0.718. The fourth-order valence-corrected chi connectivity index (χ4v) is 2.51. The average Bonchev–Trinajstić information content (AvgIpc) is 2.76. The maximum absolute atomic E-state index is 12.2. The molecule has 1 fully saturated rings. The van der Waals surface area contributed by atoms with Crippen LogP contribution in [-0.2, 0) is 9.59 Å². The van der Waals surface area contributed by atoms with Gasteiger partial charge in [-0.1, -0.05) is 13.3 Å². The zero-order chi connectivity index (χ0) is 12.8. The summed E-state index contributed by atoms with van der Waals surface area (Å²) >= 11 is 0. The minimum atomic E-state index is -0.874. The van der Waals surface area contributed by atoms with Gasteiger partial charge in [-0.3, -0.25) is 9.59 Å². The van der Waals surface area contributed by atoms with Gasteiger partial charge in [0.15, 0.2) is 0 Å². The molecule has 1 rings (SSSR count). The van der Waals surface area contributed by atoms with Gasteiger partial charge in [0, 0.05) is 13.1 Å². The van der Waals surface area contributed by atoms with Gasteiger partial charge in [-0.05, 0) is 19.3 Å². The average molecular weight is 243 g/mol. The SMILES string of the molecule is CCCN(CCO)C(=O)[C@@H]1CCC[C@@H]1C(=O)O. The molecule has 0 aromatic heterocycles. The number of amides is 1. The molecule has 2 atom stereocenters. The first-order valence-corrected chi connectivity index (χ1v) is 6.24. The molecule has 1 aliphatic rings. The summed E-state index contributed by atoms with van der Waals surface area (Å²) in [5.41, 5.74) is 0. The number of aliphatic hydroxyl groups excluding tert-OH is 1. The Hall–Kier alpha value is -1.10. The lowest BCUT2D eigenvalue weighted by Crippen LogP contribution is -2.41. The molecule has 0 saturated heterocycles. The second-order valence-corrected chi connectivity index (χ2v) is 4.53. The molecule has 2 N–H and O–H groups in total. The standard InChI is InChI=1S/C12H21NO4/c1-2-6-13(7-8-14)11(15)9-4-3-5-10(9)12(16)17/h9-10,14H,2-8H2,1H3,(H,16,17)/t9-,10+/m1/s1. The molecule has 0 aromatic carbocycles. The number of nitrogens with zero attached hydrogens (tertiary/aromatic N) is 1. The number of aliphatic carboxylic acids is 1. The molecule has 1 aliphatic carbocycles. The first kappa shape index (κ1) is 14.0. The van der Waals surface area contributed by atoms with Crippen molar-refractivity contribution in [1.82, 2.24) is 4.90 Å². The molecule has 0 radical (unpaired) electrons. The summed E-state index contributed by atoms with van der Waals surface area (Å²) in [6.45, 7) is 2.77. The number of carboxylic acids is 1. The van der Waals surface area contributed by atoms with Crippen molar-refractivity contribution in [2.75, 3.05) is 19.7 Å². The summed E-state index contributed by atoms with van der Waals surface area (Å²) in [7, 11) is 0. The Labute approximate surface area is 101 Å². The Morgan fingerprint density at radius 1 is 1.24 bits per heavy atom. The van der Waals surface area contributed by atoms with Gasteiger partial charge in [0.05, 0.1) is 18.4 Å². The molecule has 5 heteroatoms. The molecule has 0 aliphatic heterocycles. The second kappa shape index (κ2) is 6.59. The molecule has 0 bridgehead atoms. The molecule has 0 aromatic rings. The van der Waals surface area contributed by atoms with E-state index in [0.717, 1.165) is 12.8 Å². The lowest BCUT2D eigenvalue weighted by Gasteiger charge is -2.26.